The van der Waals surface area contributed by atoms with E-state index in [-0.39, 0.29) is 17.4 Å². The number of fused-ring (bicyclic) bond motifs is 2. The van der Waals surface area contributed by atoms with Gasteiger partial charge >= 0.3 is 11.9 Å². The molecule has 3 fully saturated rings. The third kappa shape index (κ3) is 2.50. The summed E-state index contributed by atoms with van der Waals surface area (Å²) in [6, 6.07) is 0. The first-order valence-electron chi connectivity index (χ1n) is 8.55. The minimum atomic E-state index is -0.968. The van der Waals surface area contributed by atoms with E-state index in [0.717, 1.165) is 12.8 Å². The van der Waals surface area contributed by atoms with Crippen molar-refractivity contribution in [1.29, 1.82) is 0 Å². The number of hydrogen-bond acceptors (Lipinski definition) is 5. The molecule has 6 atom stereocenters. The highest BCUT2D eigenvalue weighted by atomic mass is 16.6. The Hall–Kier alpha value is -1.62. The molecule has 3 aliphatic rings. The molecule has 1 aliphatic heterocycles. The Morgan fingerprint density at radius 1 is 1.38 bits per heavy atom. The Labute approximate surface area is 142 Å². The van der Waals surface area contributed by atoms with Gasteiger partial charge in [-0.05, 0) is 38.5 Å². The average molecular weight is 334 g/mol. The van der Waals surface area contributed by atoms with Gasteiger partial charge in [-0.1, -0.05) is 26.5 Å². The summed E-state index contributed by atoms with van der Waals surface area (Å²) in [6.45, 7) is 13.0. The molecule has 5 heteroatoms. The van der Waals surface area contributed by atoms with Crippen molar-refractivity contribution < 1.29 is 24.2 Å². The summed E-state index contributed by atoms with van der Waals surface area (Å²) in [7, 11) is 0. The molecule has 0 bridgehead atoms. The van der Waals surface area contributed by atoms with Crippen LogP contribution in [0.3, 0.4) is 0 Å². The fraction of sp³-hybridized carbons (Fsp3) is 0.684. The number of ether oxygens (including phenoxy) is 2. The van der Waals surface area contributed by atoms with E-state index in [1.54, 1.807) is 13.8 Å². The molecule has 0 aromatic rings. The average Bonchev–Trinajstić information content (AvgIpc) is 2.71. The maximum atomic E-state index is 12.2. The molecule has 2 aliphatic carbocycles. The normalized spacial score (nSPS) is 44.3. The highest BCUT2D eigenvalue weighted by Crippen LogP contribution is 2.59. The highest BCUT2D eigenvalue weighted by Gasteiger charge is 2.63. The maximum absolute atomic E-state index is 12.2. The smallest absolute Gasteiger partial charge is 0.334 e. The molecular formula is C19H26O5. The molecule has 1 N–H and O–H groups in total. The van der Waals surface area contributed by atoms with Crippen molar-refractivity contribution in [2.45, 2.75) is 64.3 Å². The second-order valence-electron chi connectivity index (χ2n) is 8.19. The first-order chi connectivity index (χ1) is 11.1. The predicted molar refractivity (Wildman–Crippen MR) is 87.9 cm³/mol. The van der Waals surface area contributed by atoms with E-state index < -0.39 is 29.6 Å². The monoisotopic (exact) mass is 334 g/mol. The molecule has 0 radical (unpaired) electrons. The van der Waals surface area contributed by atoms with Gasteiger partial charge in [0.1, 0.15) is 12.2 Å². The van der Waals surface area contributed by atoms with Crippen molar-refractivity contribution in [2.24, 2.45) is 17.3 Å². The lowest BCUT2D eigenvalue weighted by Gasteiger charge is -2.57. The molecule has 2 saturated carbocycles. The number of carbonyl (C=O) groups is 2. The van der Waals surface area contributed by atoms with Gasteiger partial charge in [0, 0.05) is 17.1 Å². The van der Waals surface area contributed by atoms with E-state index in [0.29, 0.717) is 24.0 Å². The third-order valence-corrected chi connectivity index (χ3v) is 6.12. The molecule has 3 rings (SSSR count). The van der Waals surface area contributed by atoms with Crippen LogP contribution in [0.1, 0.15) is 46.5 Å². The van der Waals surface area contributed by atoms with E-state index >= 15 is 0 Å². The minimum absolute atomic E-state index is 0.256. The molecule has 0 spiro atoms. The predicted octanol–water partition coefficient (Wildman–Crippen LogP) is 2.53. The van der Waals surface area contributed by atoms with E-state index in [9.17, 15) is 14.7 Å². The Bertz CT molecular complexity index is 619. The van der Waals surface area contributed by atoms with Crippen molar-refractivity contribution in [3.8, 4) is 0 Å². The standard InChI is InChI=1S/C19H26O5/c1-10(2)16(20)24-14-13-11(3)17(21)23-12(13)9-18(4)7-6-8-19(5,22)15(14)18/h12-15,22H,1,3,6-9H2,2,4-5H3. The van der Waals surface area contributed by atoms with E-state index in [2.05, 4.69) is 20.1 Å². The van der Waals surface area contributed by atoms with E-state index in [4.69, 9.17) is 9.47 Å². The van der Waals surface area contributed by atoms with Crippen molar-refractivity contribution in [3.63, 3.8) is 0 Å². The summed E-state index contributed by atoms with van der Waals surface area (Å²) in [5.41, 5.74) is -0.592. The molecular weight excluding hydrogens is 308 g/mol. The molecule has 1 heterocycles. The molecule has 0 aromatic heterocycles. The van der Waals surface area contributed by atoms with Gasteiger partial charge in [0.2, 0.25) is 0 Å². The lowest BCUT2D eigenvalue weighted by Crippen LogP contribution is -2.62. The van der Waals surface area contributed by atoms with Gasteiger partial charge in [0.25, 0.3) is 0 Å². The first kappa shape index (κ1) is 17.2. The van der Waals surface area contributed by atoms with Crippen LogP contribution in [0.25, 0.3) is 0 Å². The molecule has 1 saturated heterocycles. The molecule has 132 valence electrons. The van der Waals surface area contributed by atoms with Gasteiger partial charge in [-0.3, -0.25) is 0 Å². The van der Waals surface area contributed by atoms with Crippen LogP contribution in [0, 0.1) is 17.3 Å². The quantitative estimate of drug-likeness (QED) is 0.620. The van der Waals surface area contributed by atoms with Gasteiger partial charge in [-0.2, -0.15) is 0 Å². The summed E-state index contributed by atoms with van der Waals surface area (Å²) in [4.78, 5) is 24.3. The SMILES string of the molecule is C=C(C)C(=O)OC1C2C(=C)C(=O)OC2CC2(C)CCCC(C)(O)C12. The van der Waals surface area contributed by atoms with Crippen LogP contribution in [-0.4, -0.2) is 34.9 Å². The fourth-order valence-electron chi connectivity index (χ4n) is 5.15. The third-order valence-electron chi connectivity index (χ3n) is 6.12. The van der Waals surface area contributed by atoms with Crippen LogP contribution in [0.5, 0.6) is 0 Å². The Kier molecular flexibility index (Phi) is 3.91. The lowest BCUT2D eigenvalue weighted by molar-refractivity contribution is -0.208. The topological polar surface area (TPSA) is 72.8 Å². The molecule has 0 aromatic carbocycles. The minimum Gasteiger partial charge on any atom is -0.458 e. The number of hydrogen-bond donors (Lipinski definition) is 1. The largest absolute Gasteiger partial charge is 0.458 e. The number of esters is 2. The highest BCUT2D eigenvalue weighted by molar-refractivity contribution is 5.91. The zero-order valence-electron chi connectivity index (χ0n) is 14.6. The Morgan fingerprint density at radius 2 is 2.04 bits per heavy atom. The van der Waals surface area contributed by atoms with Crippen LogP contribution < -0.4 is 0 Å². The van der Waals surface area contributed by atoms with E-state index in [1.807, 2.05) is 0 Å². The summed E-state index contributed by atoms with van der Waals surface area (Å²) in [5.74, 6) is -1.60. The van der Waals surface area contributed by atoms with Crippen LogP contribution in [0.2, 0.25) is 0 Å². The van der Waals surface area contributed by atoms with Gasteiger partial charge in [0.15, 0.2) is 0 Å². The summed E-state index contributed by atoms with van der Waals surface area (Å²) in [6.07, 6.45) is 2.13. The zero-order chi connectivity index (χ0) is 17.9. The van der Waals surface area contributed by atoms with Gasteiger partial charge in [0.05, 0.1) is 11.5 Å². The summed E-state index contributed by atoms with van der Waals surface area (Å²) < 4.78 is 11.3. The van der Waals surface area contributed by atoms with Crippen LogP contribution in [0.15, 0.2) is 24.3 Å². The Balaban J connectivity index is 2.05. The van der Waals surface area contributed by atoms with Gasteiger partial charge < -0.3 is 14.6 Å². The summed E-state index contributed by atoms with van der Waals surface area (Å²) in [5, 5.41) is 11.1. The molecule has 24 heavy (non-hydrogen) atoms. The Morgan fingerprint density at radius 3 is 2.67 bits per heavy atom. The summed E-state index contributed by atoms with van der Waals surface area (Å²) >= 11 is 0. The van der Waals surface area contributed by atoms with Crippen LogP contribution in [0.4, 0.5) is 0 Å². The number of rotatable bonds is 2. The van der Waals surface area contributed by atoms with Gasteiger partial charge in [-0.15, -0.1) is 0 Å². The van der Waals surface area contributed by atoms with Crippen molar-refractivity contribution in [2.75, 3.05) is 0 Å². The molecule has 0 amide bonds. The van der Waals surface area contributed by atoms with Gasteiger partial charge in [-0.25, -0.2) is 9.59 Å². The fourth-order valence-corrected chi connectivity index (χ4v) is 5.15. The van der Waals surface area contributed by atoms with E-state index in [1.165, 1.54) is 0 Å². The second-order valence-corrected chi connectivity index (χ2v) is 8.19. The number of aliphatic hydroxyl groups is 1. The number of carbonyl (C=O) groups excluding carboxylic acids is 2. The van der Waals surface area contributed by atoms with Crippen LogP contribution >= 0.6 is 0 Å². The second kappa shape index (κ2) is 5.45. The van der Waals surface area contributed by atoms with Crippen LogP contribution in [-0.2, 0) is 19.1 Å². The van der Waals surface area contributed by atoms with Crippen molar-refractivity contribution in [3.05, 3.63) is 24.3 Å². The van der Waals surface area contributed by atoms with Crippen molar-refractivity contribution in [1.82, 2.24) is 0 Å². The van der Waals surface area contributed by atoms with Crippen molar-refractivity contribution >= 4 is 11.9 Å². The first-order valence-corrected chi connectivity index (χ1v) is 8.55. The molecule has 5 nitrogen and oxygen atoms in total. The zero-order valence-corrected chi connectivity index (χ0v) is 14.6. The molecule has 6 unspecified atom stereocenters. The maximum Gasteiger partial charge on any atom is 0.334 e. The lowest BCUT2D eigenvalue weighted by atomic mass is 9.51.